The fourth-order valence-electron chi connectivity index (χ4n) is 3.56. The molecule has 1 amide bonds. The topological polar surface area (TPSA) is 106 Å². The van der Waals surface area contributed by atoms with Gasteiger partial charge in [-0.15, -0.1) is 0 Å². The summed E-state index contributed by atoms with van der Waals surface area (Å²) in [5, 5.41) is 10.4. The first kappa shape index (κ1) is 28.3. The Labute approximate surface area is 196 Å². The number of aliphatic imine (C=N–C) groups is 1. The van der Waals surface area contributed by atoms with Gasteiger partial charge in [0.25, 0.3) is 0 Å². The van der Waals surface area contributed by atoms with Gasteiger partial charge in [-0.1, -0.05) is 52.5 Å². The number of hydrogen-bond acceptors (Lipinski definition) is 6. The van der Waals surface area contributed by atoms with Crippen LogP contribution in [0.4, 0.5) is 4.79 Å². The molecule has 1 N–H and O–H groups in total. The molecule has 0 aromatic carbocycles. The van der Waals surface area contributed by atoms with E-state index in [4.69, 9.17) is 4.42 Å². The molecule has 1 aromatic rings. The van der Waals surface area contributed by atoms with Gasteiger partial charge in [-0.2, -0.15) is 4.99 Å². The van der Waals surface area contributed by atoms with E-state index in [2.05, 4.69) is 23.6 Å². The number of Topliss-reactive ketones (excluding diaryl/α,β-unsaturated/α-hetero) is 1. The van der Waals surface area contributed by atoms with Crippen LogP contribution in [0.15, 0.2) is 31.9 Å². The molecule has 0 aliphatic carbocycles. The molecule has 0 fully saturated rings. The molecule has 0 aliphatic rings. The third kappa shape index (κ3) is 10.2. The van der Waals surface area contributed by atoms with E-state index in [0.29, 0.717) is 36.5 Å². The number of carbonyl (C=O) groups excluding carboxylic acids is 2. The van der Waals surface area contributed by atoms with Crippen molar-refractivity contribution < 1.29 is 23.8 Å². The minimum atomic E-state index is -0.824. The van der Waals surface area contributed by atoms with Gasteiger partial charge in [0, 0.05) is 18.2 Å². The van der Waals surface area contributed by atoms with E-state index in [1.807, 2.05) is 13.0 Å². The van der Waals surface area contributed by atoms with Crippen molar-refractivity contribution in [1.29, 1.82) is 0 Å². The number of aromatic hydroxyl groups is 1. The first-order chi connectivity index (χ1) is 15.7. The number of ether oxygens (including phenoxy) is 1. The lowest BCUT2D eigenvalue weighted by Gasteiger charge is -2.11. The summed E-state index contributed by atoms with van der Waals surface area (Å²) in [6, 6.07) is 1.35. The van der Waals surface area contributed by atoms with Crippen LogP contribution in [0.5, 0.6) is 5.75 Å². The summed E-state index contributed by atoms with van der Waals surface area (Å²) in [7, 11) is 1.26. The highest BCUT2D eigenvalue weighted by atomic mass is 16.5. The molecule has 0 aliphatic heterocycles. The quantitative estimate of drug-likeness (QED) is 0.145. The summed E-state index contributed by atoms with van der Waals surface area (Å²) < 4.78 is 9.79. The van der Waals surface area contributed by atoms with Crippen LogP contribution < -0.4 is 5.63 Å². The average molecular weight is 462 g/mol. The maximum atomic E-state index is 12.7. The molecular weight excluding hydrogens is 422 g/mol. The van der Waals surface area contributed by atoms with Gasteiger partial charge in [0.1, 0.15) is 17.1 Å². The van der Waals surface area contributed by atoms with Crippen LogP contribution in [-0.2, 0) is 4.74 Å². The molecule has 1 aromatic heterocycles. The number of unbranched alkanes of at least 4 members (excludes halogenated alkanes) is 3. The summed E-state index contributed by atoms with van der Waals surface area (Å²) in [6.07, 6.45) is 11.2. The van der Waals surface area contributed by atoms with Crippen LogP contribution in [-0.4, -0.2) is 30.3 Å². The van der Waals surface area contributed by atoms with Crippen molar-refractivity contribution in [2.24, 2.45) is 10.9 Å². The molecule has 1 rings (SSSR count). The third-order valence-corrected chi connectivity index (χ3v) is 5.77. The molecule has 0 radical (unpaired) electrons. The summed E-state index contributed by atoms with van der Waals surface area (Å²) in [5.74, 6) is -0.0996. The first-order valence-electron chi connectivity index (χ1n) is 11.9. The molecule has 0 saturated carbocycles. The SMILES string of the molecule is CCCCCC(C)CCC=C(C)C(=O)c1c(O)cc(C(C)CCCC=NC(=O)OC)oc1=O. The van der Waals surface area contributed by atoms with Crippen molar-refractivity contribution in [2.75, 3.05) is 7.11 Å². The molecule has 7 heteroatoms. The standard InChI is InChI=1S/C26H39NO6/c1-6-7-8-12-18(2)13-11-15-20(4)24(29)23-21(28)17-22(33-25(23)30)19(3)14-9-10-16-27-26(31)32-5/h15-19,28H,6-14H2,1-5H3. The minimum Gasteiger partial charge on any atom is -0.507 e. The van der Waals surface area contributed by atoms with E-state index in [1.165, 1.54) is 45.1 Å². The monoisotopic (exact) mass is 461 g/mol. The Bertz CT molecular complexity index is 883. The third-order valence-electron chi connectivity index (χ3n) is 5.77. The van der Waals surface area contributed by atoms with Crippen LogP contribution in [0.3, 0.4) is 0 Å². The normalized spacial score (nSPS) is 13.8. The molecule has 184 valence electrons. The van der Waals surface area contributed by atoms with Gasteiger partial charge in [-0.3, -0.25) is 4.79 Å². The second kappa shape index (κ2) is 15.2. The molecule has 2 atom stereocenters. The van der Waals surface area contributed by atoms with Gasteiger partial charge in [0.2, 0.25) is 0 Å². The molecule has 0 bridgehead atoms. The Morgan fingerprint density at radius 1 is 1.15 bits per heavy atom. The van der Waals surface area contributed by atoms with E-state index in [0.717, 1.165) is 12.8 Å². The predicted octanol–water partition coefficient (Wildman–Crippen LogP) is 6.58. The maximum absolute atomic E-state index is 12.7. The Hall–Kier alpha value is -2.70. The van der Waals surface area contributed by atoms with Crippen LogP contribution in [0.1, 0.15) is 108 Å². The van der Waals surface area contributed by atoms with Crippen LogP contribution in [0.2, 0.25) is 0 Å². The summed E-state index contributed by atoms with van der Waals surface area (Å²) in [6.45, 7) is 7.93. The second-order valence-electron chi connectivity index (χ2n) is 8.70. The van der Waals surface area contributed by atoms with Crippen LogP contribution in [0.25, 0.3) is 0 Å². The number of carbonyl (C=O) groups is 2. The highest BCUT2D eigenvalue weighted by Gasteiger charge is 2.22. The molecule has 33 heavy (non-hydrogen) atoms. The number of methoxy groups -OCH3 is 1. The van der Waals surface area contributed by atoms with Crippen molar-refractivity contribution >= 4 is 18.1 Å². The van der Waals surface area contributed by atoms with Gasteiger partial charge < -0.3 is 14.3 Å². The Balaban J connectivity index is 2.71. The lowest BCUT2D eigenvalue weighted by atomic mass is 9.96. The summed E-state index contributed by atoms with van der Waals surface area (Å²) >= 11 is 0. The zero-order valence-corrected chi connectivity index (χ0v) is 20.7. The second-order valence-corrected chi connectivity index (χ2v) is 8.70. The highest BCUT2D eigenvalue weighted by Crippen LogP contribution is 2.26. The zero-order chi connectivity index (χ0) is 24.8. The van der Waals surface area contributed by atoms with Crippen LogP contribution >= 0.6 is 0 Å². The molecule has 1 heterocycles. The minimum absolute atomic E-state index is 0.148. The summed E-state index contributed by atoms with van der Waals surface area (Å²) in [5.41, 5.74) is -0.709. The number of ketones is 1. The van der Waals surface area contributed by atoms with Gasteiger partial charge in [-0.05, 0) is 50.5 Å². The molecular formula is C26H39NO6. The lowest BCUT2D eigenvalue weighted by molar-refractivity contribution is 0.102. The van der Waals surface area contributed by atoms with Gasteiger partial charge in [-0.25, -0.2) is 9.59 Å². The number of rotatable bonds is 14. The zero-order valence-electron chi connectivity index (χ0n) is 20.7. The van der Waals surface area contributed by atoms with Crippen LogP contribution in [0, 0.1) is 5.92 Å². The highest BCUT2D eigenvalue weighted by molar-refractivity contribution is 6.09. The number of hydrogen-bond donors (Lipinski definition) is 1. The fraction of sp³-hybridized carbons (Fsp3) is 0.615. The lowest BCUT2D eigenvalue weighted by Crippen LogP contribution is -2.16. The van der Waals surface area contributed by atoms with Crippen molar-refractivity contribution in [3.05, 3.63) is 39.5 Å². The van der Waals surface area contributed by atoms with Gasteiger partial charge in [0.05, 0.1) is 7.11 Å². The van der Waals surface area contributed by atoms with E-state index < -0.39 is 17.5 Å². The predicted molar refractivity (Wildman–Crippen MR) is 130 cm³/mol. The van der Waals surface area contributed by atoms with Gasteiger partial charge in [0.15, 0.2) is 5.78 Å². The maximum Gasteiger partial charge on any atom is 0.432 e. The smallest absolute Gasteiger partial charge is 0.432 e. The largest absolute Gasteiger partial charge is 0.507 e. The van der Waals surface area contributed by atoms with E-state index in [-0.39, 0.29) is 17.2 Å². The van der Waals surface area contributed by atoms with E-state index >= 15 is 0 Å². The van der Waals surface area contributed by atoms with Crippen molar-refractivity contribution in [3.8, 4) is 5.75 Å². The molecule has 7 nitrogen and oxygen atoms in total. The Kier molecular flexibility index (Phi) is 13.0. The van der Waals surface area contributed by atoms with Crippen molar-refractivity contribution in [2.45, 2.75) is 91.4 Å². The average Bonchev–Trinajstić information content (AvgIpc) is 2.77. The molecule has 0 spiro atoms. The Morgan fingerprint density at radius 3 is 2.52 bits per heavy atom. The number of allylic oxidation sites excluding steroid dienone is 2. The van der Waals surface area contributed by atoms with Gasteiger partial charge >= 0.3 is 11.7 Å². The van der Waals surface area contributed by atoms with Crippen molar-refractivity contribution in [3.63, 3.8) is 0 Å². The molecule has 0 saturated heterocycles. The van der Waals surface area contributed by atoms with Crippen molar-refractivity contribution in [1.82, 2.24) is 0 Å². The first-order valence-corrected chi connectivity index (χ1v) is 11.9. The number of nitrogens with zero attached hydrogens (tertiary/aromatic N) is 1. The molecule has 2 unspecified atom stereocenters. The van der Waals surface area contributed by atoms with E-state index in [1.54, 1.807) is 6.92 Å². The number of amides is 1. The van der Waals surface area contributed by atoms with E-state index in [9.17, 15) is 19.5 Å². The fourth-order valence-corrected chi connectivity index (χ4v) is 3.56. The summed E-state index contributed by atoms with van der Waals surface area (Å²) in [4.78, 5) is 39.8. The Morgan fingerprint density at radius 2 is 1.88 bits per heavy atom.